The van der Waals surface area contributed by atoms with Crippen LogP contribution in [0, 0.1) is 5.92 Å². The molecule has 0 saturated carbocycles. The highest BCUT2D eigenvalue weighted by Gasteiger charge is 2.43. The fourth-order valence-corrected chi connectivity index (χ4v) is 5.12. The molecule has 0 aromatic rings. The van der Waals surface area contributed by atoms with E-state index < -0.39 is 8.32 Å². The molecule has 0 fully saturated rings. The maximum atomic E-state index is 6.92. The van der Waals surface area contributed by atoms with Gasteiger partial charge in [-0.05, 0) is 49.7 Å². The zero-order chi connectivity index (χ0) is 25.1. The summed E-state index contributed by atoms with van der Waals surface area (Å²) in [6, 6.07) is -0.376. The van der Waals surface area contributed by atoms with Crippen LogP contribution in [-0.4, -0.2) is 52.5 Å². The van der Waals surface area contributed by atoms with Crippen LogP contribution in [0.4, 0.5) is 0 Å². The van der Waals surface area contributed by atoms with Gasteiger partial charge in [-0.3, -0.25) is 0 Å². The second-order valence-electron chi connectivity index (χ2n) is 11.1. The number of unbranched alkanes of at least 4 members (excludes halogenated alkanes) is 5. The summed E-state index contributed by atoms with van der Waals surface area (Å²) in [5.74, 6) is 1.63. The predicted molar refractivity (Wildman–Crippen MR) is 145 cm³/mol. The fraction of sp³-hybridized carbons (Fsp3) is 0.852. The summed E-state index contributed by atoms with van der Waals surface area (Å²) in [5, 5.41) is 0.118. The van der Waals surface area contributed by atoms with Crippen LogP contribution in [0.25, 0.3) is 0 Å². The van der Waals surface area contributed by atoms with Gasteiger partial charge in [0.2, 0.25) is 11.8 Å². The molecule has 1 aliphatic rings. The van der Waals surface area contributed by atoms with Crippen LogP contribution in [0.2, 0.25) is 18.1 Å². The Morgan fingerprint density at radius 3 is 1.97 bits per heavy atom. The molecule has 0 bridgehead atoms. The molecule has 0 aromatic carbocycles. The Balaban J connectivity index is 2.98. The van der Waals surface area contributed by atoms with Gasteiger partial charge in [-0.1, -0.05) is 79.4 Å². The van der Waals surface area contributed by atoms with Crippen molar-refractivity contribution < 1.29 is 13.9 Å². The molecule has 33 heavy (non-hydrogen) atoms. The molecule has 5 nitrogen and oxygen atoms in total. The second-order valence-corrected chi connectivity index (χ2v) is 15.9. The van der Waals surface area contributed by atoms with Crippen molar-refractivity contribution in [3.63, 3.8) is 0 Å². The zero-order valence-electron chi connectivity index (χ0n) is 23.2. The first-order valence-corrected chi connectivity index (χ1v) is 16.0. The Labute approximate surface area is 205 Å². The van der Waals surface area contributed by atoms with Crippen molar-refractivity contribution in [1.82, 2.24) is 0 Å². The van der Waals surface area contributed by atoms with Crippen molar-refractivity contribution in [3.8, 4) is 0 Å². The van der Waals surface area contributed by atoms with Gasteiger partial charge in [0.05, 0.1) is 20.3 Å². The molecule has 1 aliphatic heterocycles. The quantitative estimate of drug-likeness (QED) is 0.155. The molecule has 6 heteroatoms. The molecule has 1 rings (SSSR count). The normalized spacial score (nSPS) is 20.7. The van der Waals surface area contributed by atoms with Gasteiger partial charge < -0.3 is 13.9 Å². The number of methoxy groups -OCH3 is 2. The fourth-order valence-electron chi connectivity index (χ4n) is 3.76. The SMILES string of the molecule is CCCCCCC/C=C/CC[C@H](O[Si](C)(C)C(C)(C)C)[C@@H]1N=C(OC)[C@@H](C(C)C)N=C1OC. The van der Waals surface area contributed by atoms with Gasteiger partial charge in [-0.25, -0.2) is 9.98 Å². The first-order chi connectivity index (χ1) is 15.5. The molecule has 1 heterocycles. The highest BCUT2D eigenvalue weighted by Crippen LogP contribution is 2.39. The molecule has 0 aliphatic carbocycles. The minimum absolute atomic E-state index is 0.0861. The number of nitrogens with zero attached hydrogens (tertiary/aromatic N) is 2. The number of hydrogen-bond donors (Lipinski definition) is 0. The van der Waals surface area contributed by atoms with E-state index in [1.807, 2.05) is 0 Å². The van der Waals surface area contributed by atoms with Crippen molar-refractivity contribution in [2.24, 2.45) is 15.9 Å². The van der Waals surface area contributed by atoms with E-state index >= 15 is 0 Å². The first kappa shape index (κ1) is 29.9. The summed E-state index contributed by atoms with van der Waals surface area (Å²) in [6.45, 7) is 18.0. The summed E-state index contributed by atoms with van der Waals surface area (Å²) in [7, 11) is 1.37. The third-order valence-corrected chi connectivity index (χ3v) is 11.5. The molecule has 0 amide bonds. The summed E-state index contributed by atoms with van der Waals surface area (Å²) in [4.78, 5) is 9.89. The average molecular weight is 481 g/mol. The van der Waals surface area contributed by atoms with Gasteiger partial charge in [0.15, 0.2) is 14.4 Å². The third kappa shape index (κ3) is 9.56. The number of aliphatic imine (C=N–C) groups is 2. The zero-order valence-corrected chi connectivity index (χ0v) is 24.2. The largest absolute Gasteiger partial charge is 0.483 e. The third-order valence-electron chi connectivity index (χ3n) is 6.95. The van der Waals surface area contributed by atoms with E-state index in [0.29, 0.717) is 11.8 Å². The Morgan fingerprint density at radius 2 is 1.42 bits per heavy atom. The van der Waals surface area contributed by atoms with E-state index in [0.717, 1.165) is 19.3 Å². The molecule has 0 unspecified atom stereocenters. The highest BCUT2D eigenvalue weighted by atomic mass is 28.4. The van der Waals surface area contributed by atoms with Crippen LogP contribution in [0.3, 0.4) is 0 Å². The van der Waals surface area contributed by atoms with Crippen molar-refractivity contribution in [2.45, 2.75) is 129 Å². The van der Waals surface area contributed by atoms with Crippen LogP contribution in [-0.2, 0) is 13.9 Å². The van der Waals surface area contributed by atoms with Crippen LogP contribution < -0.4 is 0 Å². The van der Waals surface area contributed by atoms with Crippen molar-refractivity contribution in [1.29, 1.82) is 0 Å². The molecule has 0 aromatic heterocycles. The molecular formula is C27H52N2O3Si. The van der Waals surface area contributed by atoms with Gasteiger partial charge >= 0.3 is 0 Å². The summed E-state index contributed by atoms with van der Waals surface area (Å²) >= 11 is 0. The van der Waals surface area contributed by atoms with Crippen molar-refractivity contribution in [2.75, 3.05) is 14.2 Å². The lowest BCUT2D eigenvalue weighted by Gasteiger charge is -2.41. The Kier molecular flexibility index (Phi) is 13.0. The number of hydrogen-bond acceptors (Lipinski definition) is 5. The monoisotopic (exact) mass is 480 g/mol. The standard InChI is InChI=1S/C27H52N2O3Si/c1-11-12-13-14-15-16-17-18-19-20-22(32-33(9,10)27(4,5)6)24-26(31-8)28-23(21(2)3)25(29-24)30-7/h17-18,21-24H,11-16,19-20H2,1-10H3/b18-17+/t22-,23+,24-/m0/s1. The molecule has 0 spiro atoms. The van der Waals surface area contributed by atoms with Gasteiger partial charge in [0, 0.05) is 0 Å². The van der Waals surface area contributed by atoms with Crippen LogP contribution >= 0.6 is 0 Å². The number of allylic oxidation sites excluding steroid dienone is 2. The van der Waals surface area contributed by atoms with Crippen molar-refractivity contribution in [3.05, 3.63) is 12.2 Å². The van der Waals surface area contributed by atoms with Crippen molar-refractivity contribution >= 4 is 20.1 Å². The van der Waals surface area contributed by atoms with E-state index in [1.54, 1.807) is 14.2 Å². The van der Waals surface area contributed by atoms with E-state index in [4.69, 9.17) is 23.9 Å². The van der Waals surface area contributed by atoms with Crippen LogP contribution in [0.5, 0.6) is 0 Å². The predicted octanol–water partition coefficient (Wildman–Crippen LogP) is 7.57. The highest BCUT2D eigenvalue weighted by molar-refractivity contribution is 6.74. The molecular weight excluding hydrogens is 428 g/mol. The van der Waals surface area contributed by atoms with Gasteiger partial charge in [0.25, 0.3) is 0 Å². The number of rotatable bonds is 13. The lowest BCUT2D eigenvalue weighted by Crippen LogP contribution is -2.50. The van der Waals surface area contributed by atoms with Crippen LogP contribution in [0.15, 0.2) is 22.1 Å². The maximum absolute atomic E-state index is 6.92. The van der Waals surface area contributed by atoms with Gasteiger partial charge in [-0.2, -0.15) is 0 Å². The Morgan fingerprint density at radius 1 is 0.879 bits per heavy atom. The molecule has 0 radical (unpaired) electrons. The van der Waals surface area contributed by atoms with E-state index in [2.05, 4.69) is 66.8 Å². The van der Waals surface area contributed by atoms with E-state index in [9.17, 15) is 0 Å². The maximum Gasteiger partial charge on any atom is 0.212 e. The van der Waals surface area contributed by atoms with E-state index in [1.165, 1.54) is 32.1 Å². The lowest BCUT2D eigenvalue weighted by molar-refractivity contribution is 0.152. The van der Waals surface area contributed by atoms with Crippen LogP contribution in [0.1, 0.15) is 92.9 Å². The number of ether oxygens (including phenoxy) is 2. The average Bonchev–Trinajstić information content (AvgIpc) is 2.75. The van der Waals surface area contributed by atoms with Gasteiger partial charge in [-0.15, -0.1) is 0 Å². The molecule has 0 saturated heterocycles. The minimum Gasteiger partial charge on any atom is -0.483 e. The van der Waals surface area contributed by atoms with E-state index in [-0.39, 0.29) is 29.1 Å². The molecule has 0 N–H and O–H groups in total. The molecule has 3 atom stereocenters. The second kappa shape index (κ2) is 14.3. The summed E-state index contributed by atoms with van der Waals surface area (Å²) in [5.41, 5.74) is 0. The minimum atomic E-state index is -2.00. The Bertz CT molecular complexity index is 650. The summed E-state index contributed by atoms with van der Waals surface area (Å²) < 4.78 is 18.3. The Hall–Kier alpha value is -1.14. The lowest BCUT2D eigenvalue weighted by atomic mass is 10.00. The molecule has 192 valence electrons. The smallest absolute Gasteiger partial charge is 0.212 e. The topological polar surface area (TPSA) is 52.4 Å². The summed E-state index contributed by atoms with van der Waals surface area (Å²) in [6.07, 6.45) is 14.2. The first-order valence-electron chi connectivity index (χ1n) is 13.0. The van der Waals surface area contributed by atoms with Gasteiger partial charge in [0.1, 0.15) is 6.04 Å².